The van der Waals surface area contributed by atoms with Crippen molar-refractivity contribution in [1.82, 2.24) is 0 Å². The van der Waals surface area contributed by atoms with Crippen LogP contribution in [0.5, 0.6) is 0 Å². The molecule has 2 bridgehead atoms. The molecule has 0 amide bonds. The predicted molar refractivity (Wildman–Crippen MR) is 43.0 cm³/mol. The van der Waals surface area contributed by atoms with Crippen molar-refractivity contribution in [2.75, 3.05) is 0 Å². The quantitative estimate of drug-likeness (QED) is 0.520. The lowest BCUT2D eigenvalue weighted by Crippen LogP contribution is -2.27. The van der Waals surface area contributed by atoms with Gasteiger partial charge in [-0.3, -0.25) is 0 Å². The Balaban J connectivity index is 1.94. The summed E-state index contributed by atoms with van der Waals surface area (Å²) in [6.45, 7) is 0. The van der Waals surface area contributed by atoms with Crippen molar-refractivity contribution in [3.63, 3.8) is 0 Å². The molecule has 60 valence electrons. The van der Waals surface area contributed by atoms with Crippen molar-refractivity contribution in [3.8, 4) is 0 Å². The second-order valence-corrected chi connectivity index (χ2v) is 4.37. The Morgan fingerprint density at radius 3 is 3.00 bits per heavy atom. The number of aliphatic hydroxyl groups is 1. The van der Waals surface area contributed by atoms with E-state index in [9.17, 15) is 5.11 Å². The van der Waals surface area contributed by atoms with Crippen molar-refractivity contribution < 1.29 is 5.11 Å². The predicted octanol–water partition coefficient (Wildman–Crippen LogP) is 1.58. The summed E-state index contributed by atoms with van der Waals surface area (Å²) in [6, 6.07) is 0. The van der Waals surface area contributed by atoms with Gasteiger partial charge in [-0.15, -0.1) is 0 Å². The standard InChI is InChI=1S/C10H14O/c11-10-5-6-4-9(10)8-3-1-2-7(6)8/h1-2,6-11H,3-5H2/t6-,7+,8-,9-,10+/m1/s1. The molecule has 1 nitrogen and oxygen atoms in total. The maximum Gasteiger partial charge on any atom is 0.0574 e. The van der Waals surface area contributed by atoms with Crippen LogP contribution in [-0.2, 0) is 0 Å². The van der Waals surface area contributed by atoms with Gasteiger partial charge in [-0.1, -0.05) is 12.2 Å². The molecule has 0 radical (unpaired) electrons. The number of rotatable bonds is 0. The summed E-state index contributed by atoms with van der Waals surface area (Å²) >= 11 is 0. The van der Waals surface area contributed by atoms with Crippen molar-refractivity contribution in [3.05, 3.63) is 12.2 Å². The molecule has 0 heterocycles. The summed E-state index contributed by atoms with van der Waals surface area (Å²) in [6.07, 6.45) is 8.37. The summed E-state index contributed by atoms with van der Waals surface area (Å²) < 4.78 is 0. The van der Waals surface area contributed by atoms with E-state index in [0.29, 0.717) is 5.92 Å². The lowest BCUT2D eigenvalue weighted by molar-refractivity contribution is 0.0697. The van der Waals surface area contributed by atoms with Gasteiger partial charge in [0.1, 0.15) is 0 Å². The van der Waals surface area contributed by atoms with E-state index < -0.39 is 0 Å². The number of hydrogen-bond donors (Lipinski definition) is 1. The summed E-state index contributed by atoms with van der Waals surface area (Å²) in [5.74, 6) is 3.16. The van der Waals surface area contributed by atoms with E-state index in [0.717, 1.165) is 24.2 Å². The highest BCUT2D eigenvalue weighted by atomic mass is 16.3. The molecule has 0 aromatic rings. The largest absolute Gasteiger partial charge is 0.393 e. The molecule has 0 unspecified atom stereocenters. The smallest absolute Gasteiger partial charge is 0.0574 e. The normalized spacial score (nSPS) is 58.8. The van der Waals surface area contributed by atoms with E-state index >= 15 is 0 Å². The van der Waals surface area contributed by atoms with E-state index in [1.807, 2.05) is 0 Å². The summed E-state index contributed by atoms with van der Waals surface area (Å²) in [7, 11) is 0. The van der Waals surface area contributed by atoms with Crippen LogP contribution in [0.15, 0.2) is 12.2 Å². The van der Waals surface area contributed by atoms with Gasteiger partial charge < -0.3 is 5.11 Å². The summed E-state index contributed by atoms with van der Waals surface area (Å²) in [4.78, 5) is 0. The Hall–Kier alpha value is -0.300. The molecule has 1 heteroatoms. The van der Waals surface area contributed by atoms with Gasteiger partial charge in [-0.2, -0.15) is 0 Å². The van der Waals surface area contributed by atoms with Crippen molar-refractivity contribution >= 4 is 0 Å². The second-order valence-electron chi connectivity index (χ2n) is 4.37. The molecule has 3 rings (SSSR count). The van der Waals surface area contributed by atoms with Crippen LogP contribution in [-0.4, -0.2) is 11.2 Å². The molecule has 3 aliphatic carbocycles. The first-order chi connectivity index (χ1) is 5.36. The maximum atomic E-state index is 9.64. The SMILES string of the molecule is O[C@H]1C[C@H]2C[C@@H]1[C@@H]1CC=C[C@@H]21. The fourth-order valence-corrected chi connectivity index (χ4v) is 3.52. The Labute approximate surface area is 67.1 Å². The lowest BCUT2D eigenvalue weighted by atomic mass is 9.80. The first kappa shape index (κ1) is 6.24. The molecule has 0 aromatic carbocycles. The van der Waals surface area contributed by atoms with Crippen molar-refractivity contribution in [2.45, 2.75) is 25.4 Å². The first-order valence-corrected chi connectivity index (χ1v) is 4.71. The van der Waals surface area contributed by atoms with E-state index in [1.165, 1.54) is 12.8 Å². The van der Waals surface area contributed by atoms with Gasteiger partial charge in [0.2, 0.25) is 0 Å². The molecule has 3 aliphatic rings. The van der Waals surface area contributed by atoms with Gasteiger partial charge in [-0.05, 0) is 42.9 Å². The fourth-order valence-electron chi connectivity index (χ4n) is 3.52. The minimum absolute atomic E-state index is 0.0427. The zero-order chi connectivity index (χ0) is 7.42. The van der Waals surface area contributed by atoms with Gasteiger partial charge in [0.25, 0.3) is 0 Å². The fraction of sp³-hybridized carbons (Fsp3) is 0.800. The van der Waals surface area contributed by atoms with E-state index in [-0.39, 0.29) is 6.10 Å². The third-order valence-corrected chi connectivity index (χ3v) is 3.97. The molecule has 2 saturated carbocycles. The molecular weight excluding hydrogens is 136 g/mol. The van der Waals surface area contributed by atoms with Gasteiger partial charge in [0, 0.05) is 0 Å². The summed E-state index contributed by atoms with van der Waals surface area (Å²) in [5, 5.41) is 9.64. The Morgan fingerprint density at radius 2 is 2.09 bits per heavy atom. The van der Waals surface area contributed by atoms with Crippen molar-refractivity contribution in [1.29, 1.82) is 0 Å². The maximum absolute atomic E-state index is 9.64. The average Bonchev–Trinajstić information content (AvgIpc) is 2.52. The number of aliphatic hydroxyl groups excluding tert-OH is 1. The lowest BCUT2D eigenvalue weighted by Gasteiger charge is -2.27. The molecule has 0 saturated heterocycles. The van der Waals surface area contributed by atoms with Crippen LogP contribution in [0.3, 0.4) is 0 Å². The minimum atomic E-state index is 0.0427. The Kier molecular flexibility index (Phi) is 1.07. The van der Waals surface area contributed by atoms with Crippen LogP contribution < -0.4 is 0 Å². The third-order valence-electron chi connectivity index (χ3n) is 3.97. The summed E-state index contributed by atoms with van der Waals surface area (Å²) in [5.41, 5.74) is 0. The van der Waals surface area contributed by atoms with Crippen LogP contribution in [0.2, 0.25) is 0 Å². The number of fused-ring (bicyclic) bond motifs is 5. The van der Waals surface area contributed by atoms with Gasteiger partial charge in [0.05, 0.1) is 6.10 Å². The average molecular weight is 150 g/mol. The molecule has 2 fully saturated rings. The monoisotopic (exact) mass is 150 g/mol. The molecular formula is C10H14O. The number of hydrogen-bond acceptors (Lipinski definition) is 1. The van der Waals surface area contributed by atoms with Crippen molar-refractivity contribution in [2.24, 2.45) is 23.7 Å². The van der Waals surface area contributed by atoms with Gasteiger partial charge in [0.15, 0.2) is 0 Å². The molecule has 0 aliphatic heterocycles. The van der Waals surface area contributed by atoms with Crippen LogP contribution in [0.25, 0.3) is 0 Å². The Morgan fingerprint density at radius 1 is 1.18 bits per heavy atom. The van der Waals surface area contributed by atoms with Crippen LogP contribution in [0.4, 0.5) is 0 Å². The molecule has 5 atom stereocenters. The third kappa shape index (κ3) is 0.652. The molecule has 11 heavy (non-hydrogen) atoms. The molecule has 0 spiro atoms. The zero-order valence-corrected chi connectivity index (χ0v) is 6.61. The highest BCUT2D eigenvalue weighted by Crippen LogP contribution is 2.56. The van der Waals surface area contributed by atoms with Gasteiger partial charge in [-0.25, -0.2) is 0 Å². The van der Waals surface area contributed by atoms with E-state index in [4.69, 9.17) is 0 Å². The topological polar surface area (TPSA) is 20.2 Å². The van der Waals surface area contributed by atoms with Crippen LogP contribution in [0, 0.1) is 23.7 Å². The molecule has 1 N–H and O–H groups in total. The highest BCUT2D eigenvalue weighted by molar-refractivity contribution is 5.14. The first-order valence-electron chi connectivity index (χ1n) is 4.71. The van der Waals surface area contributed by atoms with Crippen LogP contribution >= 0.6 is 0 Å². The second kappa shape index (κ2) is 1.89. The highest BCUT2D eigenvalue weighted by Gasteiger charge is 2.51. The minimum Gasteiger partial charge on any atom is -0.393 e. The molecule has 0 aromatic heterocycles. The van der Waals surface area contributed by atoms with E-state index in [2.05, 4.69) is 12.2 Å². The van der Waals surface area contributed by atoms with Gasteiger partial charge >= 0.3 is 0 Å². The van der Waals surface area contributed by atoms with E-state index in [1.54, 1.807) is 0 Å². The zero-order valence-electron chi connectivity index (χ0n) is 6.61. The van der Waals surface area contributed by atoms with Crippen LogP contribution in [0.1, 0.15) is 19.3 Å². The number of allylic oxidation sites excluding steroid dienone is 2. The Bertz CT molecular complexity index is 209.